The van der Waals surface area contributed by atoms with Gasteiger partial charge in [-0.15, -0.1) is 0 Å². The molecule has 1 aliphatic rings. The average Bonchev–Trinajstić information content (AvgIpc) is 2.99. The Kier molecular flexibility index (Phi) is 4.52. The summed E-state index contributed by atoms with van der Waals surface area (Å²) < 4.78 is 2.05. The van der Waals surface area contributed by atoms with Gasteiger partial charge in [-0.05, 0) is 25.1 Å². The molecule has 0 aliphatic carbocycles. The monoisotopic (exact) mass is 383 g/mol. The first kappa shape index (κ1) is 17.8. The highest BCUT2D eigenvalue weighted by molar-refractivity contribution is 6.33. The number of para-hydroxylation sites is 2. The van der Waals surface area contributed by atoms with Crippen molar-refractivity contribution in [1.29, 1.82) is 0 Å². The number of hydrogen-bond donors (Lipinski definition) is 0. The summed E-state index contributed by atoms with van der Waals surface area (Å²) in [4.78, 5) is 25.1. The van der Waals surface area contributed by atoms with Crippen LogP contribution in [0.3, 0.4) is 0 Å². The number of rotatable bonds is 2. The number of imidazole rings is 1. The lowest BCUT2D eigenvalue weighted by Gasteiger charge is -2.40. The number of carbonyl (C=O) groups excluding carboxylic acids is 1. The van der Waals surface area contributed by atoms with E-state index in [1.165, 1.54) is 0 Å². The van der Waals surface area contributed by atoms with Crippen LogP contribution in [0, 0.1) is 0 Å². The van der Waals surface area contributed by atoms with Gasteiger partial charge in [0, 0.05) is 51.4 Å². The predicted molar refractivity (Wildman–Crippen MR) is 108 cm³/mol. The fraction of sp³-hybridized carbons (Fsp3) is 0.350. The standard InChI is InChI=1S/C20H22ClN5O/c1-13-12-25(14(2)27)8-9-26(13)19-10-15(16(21)11-22-19)20-23-17-6-4-5-7-18(17)24(20)3/h4-7,10-11,13H,8-9,12H2,1-3H3/t13-/m0/s1. The number of fused-ring (bicyclic) bond motifs is 1. The average molecular weight is 384 g/mol. The number of hydrogen-bond acceptors (Lipinski definition) is 4. The molecular formula is C20H22ClN5O. The third-order valence-corrected chi connectivity index (χ3v) is 5.54. The number of nitrogens with zero attached hydrogens (tertiary/aromatic N) is 5. The van der Waals surface area contributed by atoms with Crippen molar-refractivity contribution in [2.24, 2.45) is 7.05 Å². The minimum absolute atomic E-state index is 0.117. The van der Waals surface area contributed by atoms with Gasteiger partial charge in [-0.3, -0.25) is 4.79 Å². The van der Waals surface area contributed by atoms with E-state index in [9.17, 15) is 4.79 Å². The van der Waals surface area contributed by atoms with E-state index >= 15 is 0 Å². The quantitative estimate of drug-likeness (QED) is 0.681. The van der Waals surface area contributed by atoms with Gasteiger partial charge in [0.25, 0.3) is 0 Å². The van der Waals surface area contributed by atoms with Gasteiger partial charge in [0.15, 0.2) is 0 Å². The minimum atomic E-state index is 0.117. The molecule has 2 aromatic heterocycles. The maximum absolute atomic E-state index is 11.7. The van der Waals surface area contributed by atoms with E-state index in [1.807, 2.05) is 42.3 Å². The van der Waals surface area contributed by atoms with Crippen molar-refractivity contribution >= 4 is 34.4 Å². The number of amides is 1. The second kappa shape index (κ2) is 6.85. The Labute approximate surface area is 163 Å². The molecule has 1 atom stereocenters. The highest BCUT2D eigenvalue weighted by Crippen LogP contribution is 2.32. The summed E-state index contributed by atoms with van der Waals surface area (Å²) >= 11 is 6.48. The Morgan fingerprint density at radius 3 is 2.74 bits per heavy atom. The lowest BCUT2D eigenvalue weighted by atomic mass is 10.1. The number of aryl methyl sites for hydroxylation is 1. The lowest BCUT2D eigenvalue weighted by molar-refractivity contribution is -0.129. The summed E-state index contributed by atoms with van der Waals surface area (Å²) in [5.41, 5.74) is 2.86. The molecule has 0 bridgehead atoms. The second-order valence-corrected chi connectivity index (χ2v) is 7.42. The predicted octanol–water partition coefficient (Wildman–Crippen LogP) is 3.35. The third-order valence-electron chi connectivity index (χ3n) is 5.24. The van der Waals surface area contributed by atoms with Crippen molar-refractivity contribution in [3.63, 3.8) is 0 Å². The fourth-order valence-corrected chi connectivity index (χ4v) is 3.91. The molecule has 0 spiro atoms. The first-order valence-corrected chi connectivity index (χ1v) is 9.43. The van der Waals surface area contributed by atoms with Gasteiger partial charge in [0.1, 0.15) is 11.6 Å². The van der Waals surface area contributed by atoms with E-state index in [0.29, 0.717) is 18.1 Å². The third kappa shape index (κ3) is 3.14. The highest BCUT2D eigenvalue weighted by Gasteiger charge is 2.27. The van der Waals surface area contributed by atoms with Crippen LogP contribution in [-0.2, 0) is 11.8 Å². The van der Waals surface area contributed by atoms with E-state index in [0.717, 1.165) is 34.8 Å². The van der Waals surface area contributed by atoms with Crippen molar-refractivity contribution in [1.82, 2.24) is 19.4 Å². The molecule has 3 heterocycles. The number of benzene rings is 1. The van der Waals surface area contributed by atoms with Gasteiger partial charge in [-0.2, -0.15) is 0 Å². The molecule has 1 amide bonds. The van der Waals surface area contributed by atoms with Crippen molar-refractivity contribution < 1.29 is 4.79 Å². The Morgan fingerprint density at radius 1 is 1.26 bits per heavy atom. The molecule has 7 heteroatoms. The smallest absolute Gasteiger partial charge is 0.219 e. The van der Waals surface area contributed by atoms with E-state index in [-0.39, 0.29) is 11.9 Å². The summed E-state index contributed by atoms with van der Waals surface area (Å²) in [7, 11) is 2.00. The molecule has 1 fully saturated rings. The number of piperazine rings is 1. The van der Waals surface area contributed by atoms with Crippen LogP contribution in [-0.4, -0.2) is 51.0 Å². The van der Waals surface area contributed by atoms with Crippen LogP contribution in [0.1, 0.15) is 13.8 Å². The Hall–Kier alpha value is -2.60. The summed E-state index contributed by atoms with van der Waals surface area (Å²) in [6, 6.07) is 10.2. The van der Waals surface area contributed by atoms with Gasteiger partial charge in [0.05, 0.1) is 16.1 Å². The van der Waals surface area contributed by atoms with Crippen molar-refractivity contribution in [2.75, 3.05) is 24.5 Å². The maximum atomic E-state index is 11.7. The summed E-state index contributed by atoms with van der Waals surface area (Å²) in [5, 5.41) is 0.576. The molecule has 1 aromatic carbocycles. The molecule has 3 aromatic rings. The SMILES string of the molecule is CC(=O)N1CCN(c2cc(-c3nc4ccccc4n3C)c(Cl)cn2)[C@@H](C)C1. The van der Waals surface area contributed by atoms with E-state index in [4.69, 9.17) is 16.6 Å². The van der Waals surface area contributed by atoms with Crippen LogP contribution in [0.4, 0.5) is 5.82 Å². The summed E-state index contributed by atoms with van der Waals surface area (Å²) in [6.45, 7) is 5.87. The lowest BCUT2D eigenvalue weighted by Crippen LogP contribution is -2.53. The van der Waals surface area contributed by atoms with Gasteiger partial charge >= 0.3 is 0 Å². The normalized spacial score (nSPS) is 17.6. The largest absolute Gasteiger partial charge is 0.350 e. The molecule has 1 aliphatic heterocycles. The van der Waals surface area contributed by atoms with Gasteiger partial charge in [-0.1, -0.05) is 23.7 Å². The molecule has 140 valence electrons. The molecule has 27 heavy (non-hydrogen) atoms. The van der Waals surface area contributed by atoms with E-state index < -0.39 is 0 Å². The van der Waals surface area contributed by atoms with Crippen LogP contribution in [0.15, 0.2) is 36.5 Å². The van der Waals surface area contributed by atoms with Crippen LogP contribution in [0.5, 0.6) is 0 Å². The molecular weight excluding hydrogens is 362 g/mol. The molecule has 6 nitrogen and oxygen atoms in total. The molecule has 0 N–H and O–H groups in total. The van der Waals surface area contributed by atoms with Crippen LogP contribution < -0.4 is 4.90 Å². The Bertz CT molecular complexity index is 1010. The van der Waals surface area contributed by atoms with Gasteiger partial charge in [-0.25, -0.2) is 9.97 Å². The number of aromatic nitrogens is 3. The molecule has 0 unspecified atom stereocenters. The first-order chi connectivity index (χ1) is 13.0. The fourth-order valence-electron chi connectivity index (χ4n) is 3.73. The maximum Gasteiger partial charge on any atom is 0.219 e. The molecule has 0 radical (unpaired) electrons. The van der Waals surface area contributed by atoms with Gasteiger partial charge in [0.2, 0.25) is 5.91 Å². The van der Waals surface area contributed by atoms with Crippen LogP contribution >= 0.6 is 11.6 Å². The number of pyridine rings is 1. The number of anilines is 1. The minimum Gasteiger partial charge on any atom is -0.350 e. The van der Waals surface area contributed by atoms with E-state index in [1.54, 1.807) is 13.1 Å². The molecule has 4 rings (SSSR count). The van der Waals surface area contributed by atoms with Crippen molar-refractivity contribution in [3.8, 4) is 11.4 Å². The summed E-state index contributed by atoms with van der Waals surface area (Å²) in [6.07, 6.45) is 1.69. The van der Waals surface area contributed by atoms with Crippen LogP contribution in [0.25, 0.3) is 22.4 Å². The van der Waals surface area contributed by atoms with Crippen LogP contribution in [0.2, 0.25) is 5.02 Å². The van der Waals surface area contributed by atoms with Gasteiger partial charge < -0.3 is 14.4 Å². The van der Waals surface area contributed by atoms with Crippen molar-refractivity contribution in [3.05, 3.63) is 41.6 Å². The zero-order chi connectivity index (χ0) is 19.1. The zero-order valence-electron chi connectivity index (χ0n) is 15.7. The highest BCUT2D eigenvalue weighted by atomic mass is 35.5. The number of halogens is 1. The summed E-state index contributed by atoms with van der Waals surface area (Å²) in [5.74, 6) is 1.79. The first-order valence-electron chi connectivity index (χ1n) is 9.05. The second-order valence-electron chi connectivity index (χ2n) is 7.01. The zero-order valence-corrected chi connectivity index (χ0v) is 16.4. The topological polar surface area (TPSA) is 54.3 Å². The number of carbonyl (C=O) groups is 1. The molecule has 0 saturated carbocycles. The Morgan fingerprint density at radius 2 is 2.04 bits per heavy atom. The Balaban J connectivity index is 1.72. The van der Waals surface area contributed by atoms with E-state index in [2.05, 4.69) is 21.4 Å². The molecule has 1 saturated heterocycles. The van der Waals surface area contributed by atoms with Crippen molar-refractivity contribution in [2.45, 2.75) is 19.9 Å².